The van der Waals surface area contributed by atoms with Gasteiger partial charge in [-0.25, -0.2) is 0 Å². The minimum Gasteiger partial charge on any atom is -0.383 e. The molecule has 2 aliphatic rings. The smallest absolute Gasteiger partial charge is 0.107 e. The van der Waals surface area contributed by atoms with Gasteiger partial charge in [0, 0.05) is 52.5 Å². The normalized spacial score (nSPS) is 23.7. The van der Waals surface area contributed by atoms with Gasteiger partial charge in [0.25, 0.3) is 0 Å². The summed E-state index contributed by atoms with van der Waals surface area (Å²) in [7, 11) is 2.25. The van der Waals surface area contributed by atoms with E-state index in [-0.39, 0.29) is 0 Å². The van der Waals surface area contributed by atoms with Crippen molar-refractivity contribution in [1.29, 1.82) is 0 Å². The van der Waals surface area contributed by atoms with E-state index in [1.807, 2.05) is 25.1 Å². The van der Waals surface area contributed by atoms with Crippen LogP contribution in [0.3, 0.4) is 0 Å². The Balaban J connectivity index is 1.69. The molecule has 2 aliphatic heterocycles. The number of rotatable bonds is 4. The molecule has 3 unspecified atom stereocenters. The van der Waals surface area contributed by atoms with Crippen LogP contribution < -0.4 is 0 Å². The second-order valence-electron chi connectivity index (χ2n) is 8.35. The summed E-state index contributed by atoms with van der Waals surface area (Å²) < 4.78 is 2.36. The monoisotopic (exact) mass is 395 g/mol. The highest BCUT2D eigenvalue weighted by molar-refractivity contribution is 6.31. The van der Waals surface area contributed by atoms with Crippen molar-refractivity contribution in [3.05, 3.63) is 64.6 Å². The third-order valence-electron chi connectivity index (χ3n) is 7.00. The number of hydrogen-bond donors (Lipinski definition) is 1. The topological polar surface area (TPSA) is 41.3 Å². The Kier molecular flexibility index (Phi) is 4.27. The minimum atomic E-state index is -0.926. The number of benzene rings is 1. The van der Waals surface area contributed by atoms with Gasteiger partial charge in [-0.05, 0) is 67.8 Å². The number of halogens is 1. The van der Waals surface area contributed by atoms with Gasteiger partial charge in [0.2, 0.25) is 0 Å². The van der Waals surface area contributed by atoms with Crippen LogP contribution >= 0.6 is 11.6 Å². The fourth-order valence-electron chi connectivity index (χ4n) is 5.34. The molecular formula is C23H26ClN3O. The third kappa shape index (κ3) is 2.62. The first-order valence-corrected chi connectivity index (χ1v) is 10.5. The molecule has 1 fully saturated rings. The molecule has 3 atom stereocenters. The van der Waals surface area contributed by atoms with Crippen LogP contribution in [0.4, 0.5) is 0 Å². The number of aromatic nitrogens is 2. The Labute approximate surface area is 170 Å². The van der Waals surface area contributed by atoms with Crippen molar-refractivity contribution < 1.29 is 5.11 Å². The van der Waals surface area contributed by atoms with Gasteiger partial charge in [-0.3, -0.25) is 9.88 Å². The summed E-state index contributed by atoms with van der Waals surface area (Å²) in [5.74, 6) is 0. The van der Waals surface area contributed by atoms with Gasteiger partial charge in [-0.15, -0.1) is 0 Å². The standard InChI is InChI=1S/C23H26ClN3O/c1-3-23(28,15-8-10-25-11-9-15)14-27-19-6-4-16(24)12-18(19)22-20-7-5-17(26(20)2)13-21(22)27/h4,6,8-12,17,20,28H,3,5,7,13-14H2,1-2H3. The fraction of sp³-hybridized carbons (Fsp3) is 0.435. The van der Waals surface area contributed by atoms with Crippen LogP contribution in [0.5, 0.6) is 0 Å². The largest absolute Gasteiger partial charge is 0.383 e. The first-order valence-electron chi connectivity index (χ1n) is 10.2. The quantitative estimate of drug-likeness (QED) is 0.697. The molecule has 1 aromatic carbocycles. The van der Waals surface area contributed by atoms with E-state index in [0.29, 0.717) is 25.0 Å². The van der Waals surface area contributed by atoms with Gasteiger partial charge in [0.1, 0.15) is 5.60 Å². The first kappa shape index (κ1) is 18.2. The Morgan fingerprint density at radius 3 is 2.75 bits per heavy atom. The van der Waals surface area contributed by atoms with Crippen LogP contribution in [-0.4, -0.2) is 32.6 Å². The van der Waals surface area contributed by atoms with E-state index in [1.165, 1.54) is 35.0 Å². The van der Waals surface area contributed by atoms with Crippen LogP contribution in [0.25, 0.3) is 10.9 Å². The highest BCUT2D eigenvalue weighted by Gasteiger charge is 2.41. The molecule has 0 saturated carbocycles. The molecule has 5 heteroatoms. The van der Waals surface area contributed by atoms with Crippen LogP contribution in [0.2, 0.25) is 5.02 Å². The summed E-state index contributed by atoms with van der Waals surface area (Å²) in [6, 6.07) is 11.1. The zero-order chi connectivity index (χ0) is 19.5. The second kappa shape index (κ2) is 6.58. The lowest BCUT2D eigenvalue weighted by molar-refractivity contribution is 0.0143. The molecule has 2 aromatic heterocycles. The molecule has 4 nitrogen and oxygen atoms in total. The highest BCUT2D eigenvalue weighted by Crippen LogP contribution is 2.47. The highest BCUT2D eigenvalue weighted by atomic mass is 35.5. The molecule has 0 amide bonds. The summed E-state index contributed by atoms with van der Waals surface area (Å²) in [5.41, 5.74) is 3.97. The van der Waals surface area contributed by atoms with Gasteiger partial charge in [-0.2, -0.15) is 0 Å². The van der Waals surface area contributed by atoms with Gasteiger partial charge in [0.15, 0.2) is 0 Å². The average molecular weight is 396 g/mol. The number of pyridine rings is 1. The maximum absolute atomic E-state index is 11.6. The maximum atomic E-state index is 11.6. The van der Waals surface area contributed by atoms with Crippen molar-refractivity contribution in [1.82, 2.24) is 14.5 Å². The van der Waals surface area contributed by atoms with Crippen molar-refractivity contribution in [3.8, 4) is 0 Å². The van der Waals surface area contributed by atoms with Gasteiger partial charge >= 0.3 is 0 Å². The summed E-state index contributed by atoms with van der Waals surface area (Å²) in [4.78, 5) is 6.65. The predicted octanol–water partition coefficient (Wildman–Crippen LogP) is 4.68. The molecule has 3 aromatic rings. The number of nitrogens with zero attached hydrogens (tertiary/aromatic N) is 3. The zero-order valence-electron chi connectivity index (χ0n) is 16.4. The van der Waals surface area contributed by atoms with E-state index in [0.717, 1.165) is 17.0 Å². The molecule has 2 bridgehead atoms. The number of fused-ring (bicyclic) bond motifs is 6. The Morgan fingerprint density at radius 2 is 2.00 bits per heavy atom. The lowest BCUT2D eigenvalue weighted by Gasteiger charge is -2.34. The minimum absolute atomic E-state index is 0.451. The van der Waals surface area contributed by atoms with Gasteiger partial charge in [0.05, 0.1) is 6.54 Å². The molecule has 28 heavy (non-hydrogen) atoms. The average Bonchev–Trinajstić information content (AvgIpc) is 3.12. The van der Waals surface area contributed by atoms with Crippen LogP contribution in [0, 0.1) is 0 Å². The molecule has 0 aliphatic carbocycles. The van der Waals surface area contributed by atoms with E-state index in [9.17, 15) is 5.11 Å². The fourth-order valence-corrected chi connectivity index (χ4v) is 5.51. The molecule has 1 N–H and O–H groups in total. The SMILES string of the molecule is CCC(O)(Cn1c2c(c3cc(Cl)ccc31)C1CCC(C2)N1C)c1ccncc1. The second-order valence-corrected chi connectivity index (χ2v) is 8.78. The van der Waals surface area contributed by atoms with Crippen molar-refractivity contribution in [2.24, 2.45) is 0 Å². The molecular weight excluding hydrogens is 370 g/mol. The van der Waals surface area contributed by atoms with E-state index in [2.05, 4.69) is 33.6 Å². The van der Waals surface area contributed by atoms with E-state index in [1.54, 1.807) is 12.4 Å². The van der Waals surface area contributed by atoms with Crippen molar-refractivity contribution in [2.75, 3.05) is 7.05 Å². The Hall–Kier alpha value is -1.88. The Bertz CT molecular complexity index is 1030. The van der Waals surface area contributed by atoms with Crippen molar-refractivity contribution in [3.63, 3.8) is 0 Å². The van der Waals surface area contributed by atoms with Crippen molar-refractivity contribution >= 4 is 22.5 Å². The third-order valence-corrected chi connectivity index (χ3v) is 7.24. The summed E-state index contributed by atoms with van der Waals surface area (Å²) in [6.07, 6.45) is 7.63. The van der Waals surface area contributed by atoms with Crippen molar-refractivity contribution in [2.45, 2.75) is 56.8 Å². The molecule has 0 spiro atoms. The van der Waals surface area contributed by atoms with Crippen LogP contribution in [0.15, 0.2) is 42.7 Å². The molecule has 146 valence electrons. The number of likely N-dealkylation sites (N-methyl/N-ethyl adjacent to an activating group) is 1. The maximum Gasteiger partial charge on any atom is 0.107 e. The van der Waals surface area contributed by atoms with Crippen LogP contribution in [-0.2, 0) is 18.6 Å². The van der Waals surface area contributed by atoms with E-state index < -0.39 is 5.60 Å². The molecule has 1 saturated heterocycles. The summed E-state index contributed by atoms with van der Waals surface area (Å²) >= 11 is 6.39. The summed E-state index contributed by atoms with van der Waals surface area (Å²) in [6.45, 7) is 2.59. The first-order chi connectivity index (χ1) is 13.5. The molecule has 5 rings (SSSR count). The predicted molar refractivity (Wildman–Crippen MR) is 113 cm³/mol. The number of aliphatic hydroxyl groups is 1. The molecule has 4 heterocycles. The lowest BCUT2D eigenvalue weighted by atomic mass is 9.91. The Morgan fingerprint density at radius 1 is 1.21 bits per heavy atom. The number of hydrogen-bond acceptors (Lipinski definition) is 3. The van der Waals surface area contributed by atoms with Crippen LogP contribution in [0.1, 0.15) is 49.0 Å². The molecule has 0 radical (unpaired) electrons. The lowest BCUT2D eigenvalue weighted by Crippen LogP contribution is -2.36. The van der Waals surface area contributed by atoms with Gasteiger partial charge in [-0.1, -0.05) is 18.5 Å². The summed E-state index contributed by atoms with van der Waals surface area (Å²) in [5, 5.41) is 13.6. The van der Waals surface area contributed by atoms with E-state index >= 15 is 0 Å². The zero-order valence-corrected chi connectivity index (χ0v) is 17.2. The van der Waals surface area contributed by atoms with E-state index in [4.69, 9.17) is 11.6 Å². The van der Waals surface area contributed by atoms with Gasteiger partial charge < -0.3 is 9.67 Å².